The van der Waals surface area contributed by atoms with E-state index in [0.717, 1.165) is 32.1 Å². The Morgan fingerprint density at radius 1 is 1.40 bits per heavy atom. The van der Waals surface area contributed by atoms with Gasteiger partial charge < -0.3 is 10.2 Å². The molecule has 25 heavy (non-hydrogen) atoms. The molecule has 1 amide bonds. The minimum Gasteiger partial charge on any atom is -0.352 e. The first kappa shape index (κ1) is 17.5. The number of nitrogens with one attached hydrogen (secondary N) is 1. The second-order valence-corrected chi connectivity index (χ2v) is 6.63. The first-order chi connectivity index (χ1) is 12.0. The van der Waals surface area contributed by atoms with Crippen molar-refractivity contribution in [3.05, 3.63) is 30.5 Å². The number of likely N-dealkylation sites (tertiary alicyclic amines) is 1. The van der Waals surface area contributed by atoms with Crippen molar-refractivity contribution in [3.63, 3.8) is 0 Å². The van der Waals surface area contributed by atoms with Crippen molar-refractivity contribution < 1.29 is 9.18 Å². The van der Waals surface area contributed by atoms with Crippen LogP contribution in [0.25, 0.3) is 11.3 Å². The molecule has 1 fully saturated rings. The Morgan fingerprint density at radius 3 is 2.84 bits per heavy atom. The van der Waals surface area contributed by atoms with Gasteiger partial charge in [-0.2, -0.15) is 0 Å². The highest BCUT2D eigenvalue weighted by Gasteiger charge is 2.22. The summed E-state index contributed by atoms with van der Waals surface area (Å²) in [4.78, 5) is 18.3. The molecule has 0 saturated carbocycles. The molecule has 0 unspecified atom stereocenters. The van der Waals surface area contributed by atoms with E-state index in [-0.39, 0.29) is 18.5 Å². The second-order valence-electron chi connectivity index (χ2n) is 6.63. The third-order valence-corrected chi connectivity index (χ3v) is 4.52. The molecule has 3 rings (SSSR count). The van der Waals surface area contributed by atoms with Crippen LogP contribution in [0.5, 0.6) is 0 Å². The molecule has 2 aromatic rings. The molecule has 134 valence electrons. The van der Waals surface area contributed by atoms with Crippen molar-refractivity contribution >= 4 is 5.91 Å². The number of hydrogen-bond donors (Lipinski definition) is 1. The number of piperidine rings is 1. The van der Waals surface area contributed by atoms with Crippen LogP contribution in [0.4, 0.5) is 4.39 Å². The third kappa shape index (κ3) is 4.39. The van der Waals surface area contributed by atoms with Gasteiger partial charge in [0.15, 0.2) is 5.82 Å². The van der Waals surface area contributed by atoms with Crippen molar-refractivity contribution in [2.45, 2.75) is 45.3 Å². The average molecular weight is 346 g/mol. The SMILES string of the molecule is CC(C)N1CCC(NC(=O)Cn2cc(-c3ccncc3F)nn2)CC1. The largest absolute Gasteiger partial charge is 0.352 e. The Hall–Kier alpha value is -2.35. The Balaban J connectivity index is 1.53. The Bertz CT molecular complexity index is 723. The van der Waals surface area contributed by atoms with Crippen LogP contribution in [-0.4, -0.2) is 56.0 Å². The van der Waals surface area contributed by atoms with Crippen LogP contribution in [0.1, 0.15) is 26.7 Å². The number of aromatic nitrogens is 4. The molecule has 0 atom stereocenters. The van der Waals surface area contributed by atoms with Gasteiger partial charge in [-0.15, -0.1) is 5.10 Å². The van der Waals surface area contributed by atoms with Gasteiger partial charge in [0, 0.05) is 36.9 Å². The van der Waals surface area contributed by atoms with Crippen LogP contribution in [0.2, 0.25) is 0 Å². The fourth-order valence-electron chi connectivity index (χ4n) is 3.06. The highest BCUT2D eigenvalue weighted by molar-refractivity contribution is 5.76. The van der Waals surface area contributed by atoms with E-state index in [4.69, 9.17) is 0 Å². The van der Waals surface area contributed by atoms with E-state index in [1.807, 2.05) is 0 Å². The van der Waals surface area contributed by atoms with Crippen LogP contribution < -0.4 is 5.32 Å². The lowest BCUT2D eigenvalue weighted by Crippen LogP contribution is -2.47. The number of amides is 1. The van der Waals surface area contributed by atoms with Gasteiger partial charge in [0.05, 0.1) is 12.4 Å². The standard InChI is InChI=1S/C17H23FN6O/c1-12(2)23-7-4-13(5-8-23)20-17(25)11-24-10-16(21-22-24)14-3-6-19-9-15(14)18/h3,6,9-10,12-13H,4-5,7-8,11H2,1-2H3,(H,20,25). The van der Waals surface area contributed by atoms with Crippen LogP contribution in [-0.2, 0) is 11.3 Å². The molecular weight excluding hydrogens is 323 g/mol. The molecule has 3 heterocycles. The maximum Gasteiger partial charge on any atom is 0.242 e. The lowest BCUT2D eigenvalue weighted by Gasteiger charge is -2.34. The van der Waals surface area contributed by atoms with Crippen molar-refractivity contribution in [1.29, 1.82) is 0 Å². The maximum atomic E-state index is 13.7. The summed E-state index contributed by atoms with van der Waals surface area (Å²) in [7, 11) is 0. The van der Waals surface area contributed by atoms with Gasteiger partial charge in [-0.1, -0.05) is 5.21 Å². The van der Waals surface area contributed by atoms with Crippen molar-refractivity contribution in [1.82, 2.24) is 30.2 Å². The van der Waals surface area contributed by atoms with E-state index >= 15 is 0 Å². The molecule has 7 nitrogen and oxygen atoms in total. The van der Waals surface area contributed by atoms with E-state index in [1.54, 1.807) is 6.20 Å². The van der Waals surface area contributed by atoms with Crippen LogP contribution >= 0.6 is 0 Å². The van der Waals surface area contributed by atoms with E-state index < -0.39 is 5.82 Å². The van der Waals surface area contributed by atoms with Crippen molar-refractivity contribution in [2.24, 2.45) is 0 Å². The van der Waals surface area contributed by atoms with Crippen LogP contribution in [0.15, 0.2) is 24.7 Å². The number of halogens is 1. The summed E-state index contributed by atoms with van der Waals surface area (Å²) >= 11 is 0. The predicted octanol–water partition coefficient (Wildman–Crippen LogP) is 1.47. The molecule has 0 aliphatic carbocycles. The summed E-state index contributed by atoms with van der Waals surface area (Å²) < 4.78 is 15.1. The molecule has 2 aromatic heterocycles. The monoisotopic (exact) mass is 346 g/mol. The quantitative estimate of drug-likeness (QED) is 0.887. The van der Waals surface area contributed by atoms with Gasteiger partial charge >= 0.3 is 0 Å². The molecule has 1 N–H and O–H groups in total. The van der Waals surface area contributed by atoms with Crippen molar-refractivity contribution in [2.75, 3.05) is 13.1 Å². The molecule has 0 bridgehead atoms. The van der Waals surface area contributed by atoms with E-state index in [9.17, 15) is 9.18 Å². The first-order valence-electron chi connectivity index (χ1n) is 8.56. The molecule has 8 heteroatoms. The van der Waals surface area contributed by atoms with E-state index in [1.165, 1.54) is 16.9 Å². The van der Waals surface area contributed by atoms with Crippen molar-refractivity contribution in [3.8, 4) is 11.3 Å². The Morgan fingerprint density at radius 2 is 2.16 bits per heavy atom. The zero-order chi connectivity index (χ0) is 17.8. The normalized spacial score (nSPS) is 16.3. The maximum absolute atomic E-state index is 13.7. The fraction of sp³-hybridized carbons (Fsp3) is 0.529. The zero-order valence-electron chi connectivity index (χ0n) is 14.5. The average Bonchev–Trinajstić information content (AvgIpc) is 3.03. The Labute approximate surface area is 146 Å². The smallest absolute Gasteiger partial charge is 0.242 e. The second kappa shape index (κ2) is 7.69. The van der Waals surface area contributed by atoms with Gasteiger partial charge in [0.2, 0.25) is 5.91 Å². The van der Waals surface area contributed by atoms with Gasteiger partial charge in [0.25, 0.3) is 0 Å². The Kier molecular flexibility index (Phi) is 5.37. The lowest BCUT2D eigenvalue weighted by atomic mass is 10.0. The number of hydrogen-bond acceptors (Lipinski definition) is 5. The van der Waals surface area contributed by atoms with E-state index in [2.05, 4.69) is 39.4 Å². The van der Waals surface area contributed by atoms with Gasteiger partial charge in [0.1, 0.15) is 12.2 Å². The first-order valence-corrected chi connectivity index (χ1v) is 8.56. The number of rotatable bonds is 5. The molecule has 0 aromatic carbocycles. The highest BCUT2D eigenvalue weighted by Crippen LogP contribution is 2.18. The molecule has 0 spiro atoms. The lowest BCUT2D eigenvalue weighted by molar-refractivity contribution is -0.122. The van der Waals surface area contributed by atoms with E-state index in [0.29, 0.717) is 17.3 Å². The summed E-state index contributed by atoms with van der Waals surface area (Å²) in [5.74, 6) is -0.564. The molecule has 1 saturated heterocycles. The highest BCUT2D eigenvalue weighted by atomic mass is 19.1. The number of nitrogens with zero attached hydrogens (tertiary/aromatic N) is 5. The van der Waals surface area contributed by atoms with Crippen LogP contribution in [0, 0.1) is 5.82 Å². The molecule has 1 aliphatic heterocycles. The summed E-state index contributed by atoms with van der Waals surface area (Å²) in [6.45, 7) is 6.44. The molecular formula is C17H23FN6O. The summed E-state index contributed by atoms with van der Waals surface area (Å²) in [5.41, 5.74) is 0.709. The third-order valence-electron chi connectivity index (χ3n) is 4.52. The van der Waals surface area contributed by atoms with Gasteiger partial charge in [-0.3, -0.25) is 9.78 Å². The van der Waals surface area contributed by atoms with Gasteiger partial charge in [-0.25, -0.2) is 9.07 Å². The predicted molar refractivity (Wildman–Crippen MR) is 91.1 cm³/mol. The number of pyridine rings is 1. The zero-order valence-corrected chi connectivity index (χ0v) is 14.5. The van der Waals surface area contributed by atoms with Gasteiger partial charge in [-0.05, 0) is 32.8 Å². The molecule has 0 radical (unpaired) electrons. The molecule has 1 aliphatic rings. The fourth-order valence-corrected chi connectivity index (χ4v) is 3.06. The number of carbonyl (C=O) groups excluding carboxylic acids is 1. The number of carbonyl (C=O) groups is 1. The summed E-state index contributed by atoms with van der Waals surface area (Å²) in [6.07, 6.45) is 6.10. The summed E-state index contributed by atoms with van der Waals surface area (Å²) in [5, 5.41) is 10.9. The minimum absolute atomic E-state index is 0.0735. The van der Waals surface area contributed by atoms with Crippen LogP contribution in [0.3, 0.4) is 0 Å². The minimum atomic E-state index is -0.462. The summed E-state index contributed by atoms with van der Waals surface area (Å²) in [6, 6.07) is 2.27. The topological polar surface area (TPSA) is 75.9 Å².